The minimum absolute atomic E-state index is 0.248. The summed E-state index contributed by atoms with van der Waals surface area (Å²) in [5.41, 5.74) is 1.62. The Morgan fingerprint density at radius 3 is 2.85 bits per heavy atom. The molecule has 0 radical (unpaired) electrons. The lowest BCUT2D eigenvalue weighted by Gasteiger charge is -1.97. The zero-order valence-electron chi connectivity index (χ0n) is 7.31. The van der Waals surface area contributed by atoms with Crippen LogP contribution in [-0.2, 0) is 7.05 Å². The van der Waals surface area contributed by atoms with Gasteiger partial charge in [0.25, 0.3) is 0 Å². The van der Waals surface area contributed by atoms with Gasteiger partial charge in [0, 0.05) is 11.5 Å². The van der Waals surface area contributed by atoms with Crippen LogP contribution in [0.5, 0.6) is 0 Å². The average Bonchev–Trinajstić information content (AvgIpc) is 2.32. The van der Waals surface area contributed by atoms with Gasteiger partial charge >= 0.3 is 0 Å². The fraction of sp³-hybridized carbons (Fsp3) is 0.222. The van der Waals surface area contributed by atoms with E-state index in [2.05, 4.69) is 20.9 Å². The van der Waals surface area contributed by atoms with Gasteiger partial charge < -0.3 is 4.57 Å². The number of fused-ring (bicyclic) bond motifs is 1. The number of hydrogen-bond donors (Lipinski definition) is 0. The molecule has 0 fully saturated rings. The first-order valence-electron chi connectivity index (χ1n) is 3.87. The van der Waals surface area contributed by atoms with E-state index in [9.17, 15) is 4.39 Å². The van der Waals surface area contributed by atoms with Gasteiger partial charge in [0.05, 0.1) is 5.52 Å². The van der Waals surface area contributed by atoms with E-state index in [1.54, 1.807) is 0 Å². The Morgan fingerprint density at radius 1 is 1.46 bits per heavy atom. The Hall–Kier alpha value is -0.900. The Balaban J connectivity index is 2.94. The van der Waals surface area contributed by atoms with Gasteiger partial charge in [-0.2, -0.15) is 0 Å². The summed E-state index contributed by atoms with van der Waals surface area (Å²) in [4.78, 5) is 4.30. The summed E-state index contributed by atoms with van der Waals surface area (Å²) in [6.07, 6.45) is 0. The van der Waals surface area contributed by atoms with Gasteiger partial charge in [-0.15, -0.1) is 0 Å². The minimum Gasteiger partial charge on any atom is -0.331 e. The van der Waals surface area contributed by atoms with Crippen molar-refractivity contribution in [2.45, 2.75) is 6.92 Å². The molecule has 0 saturated heterocycles. The second-order valence-corrected chi connectivity index (χ2v) is 3.83. The smallest absolute Gasteiger partial charge is 0.126 e. The maximum Gasteiger partial charge on any atom is 0.126 e. The second-order valence-electron chi connectivity index (χ2n) is 2.97. The molecule has 0 unspecified atom stereocenters. The number of benzene rings is 1. The van der Waals surface area contributed by atoms with Crippen LogP contribution in [0.3, 0.4) is 0 Å². The maximum atomic E-state index is 13.0. The highest BCUT2D eigenvalue weighted by Gasteiger charge is 2.08. The molecule has 2 nitrogen and oxygen atoms in total. The largest absolute Gasteiger partial charge is 0.331 e. The lowest BCUT2D eigenvalue weighted by Crippen LogP contribution is -1.90. The van der Waals surface area contributed by atoms with Crippen molar-refractivity contribution in [2.24, 2.45) is 7.05 Å². The first kappa shape index (κ1) is 8.69. The van der Waals surface area contributed by atoms with Crippen molar-refractivity contribution in [1.82, 2.24) is 9.55 Å². The van der Waals surface area contributed by atoms with Crippen molar-refractivity contribution in [3.63, 3.8) is 0 Å². The molecule has 0 spiro atoms. The zero-order chi connectivity index (χ0) is 9.59. The van der Waals surface area contributed by atoms with E-state index in [0.29, 0.717) is 4.47 Å². The molecule has 2 aromatic rings. The lowest BCUT2D eigenvalue weighted by atomic mass is 10.3. The first-order valence-corrected chi connectivity index (χ1v) is 4.67. The highest BCUT2D eigenvalue weighted by atomic mass is 79.9. The number of nitrogens with zero attached hydrogens (tertiary/aromatic N) is 2. The molecule has 1 aromatic carbocycles. The summed E-state index contributed by atoms with van der Waals surface area (Å²) in [7, 11) is 1.87. The highest BCUT2D eigenvalue weighted by Crippen LogP contribution is 2.24. The van der Waals surface area contributed by atoms with Crippen molar-refractivity contribution in [3.05, 3.63) is 28.2 Å². The molecule has 1 heterocycles. The van der Waals surface area contributed by atoms with Gasteiger partial charge in [-0.05, 0) is 35.0 Å². The topological polar surface area (TPSA) is 17.8 Å². The quantitative estimate of drug-likeness (QED) is 0.695. The van der Waals surface area contributed by atoms with E-state index < -0.39 is 0 Å². The van der Waals surface area contributed by atoms with E-state index in [1.165, 1.54) is 12.1 Å². The number of aryl methyl sites for hydroxylation is 2. The molecular weight excluding hydrogens is 235 g/mol. The molecule has 0 amide bonds. The molecule has 13 heavy (non-hydrogen) atoms. The SMILES string of the molecule is Cc1nc2c(Br)cc(F)cc2n1C. The Bertz CT molecular complexity index is 476. The molecule has 0 aliphatic rings. The van der Waals surface area contributed by atoms with Crippen LogP contribution in [-0.4, -0.2) is 9.55 Å². The Labute approximate surface area is 83.5 Å². The Kier molecular flexibility index (Phi) is 1.87. The van der Waals surface area contributed by atoms with Gasteiger partial charge in [0.2, 0.25) is 0 Å². The predicted molar refractivity (Wildman–Crippen MR) is 53.1 cm³/mol. The number of imidazole rings is 1. The molecular formula is C9H8BrFN2. The van der Waals surface area contributed by atoms with Gasteiger partial charge in [-0.3, -0.25) is 0 Å². The molecule has 0 saturated carbocycles. The molecule has 0 N–H and O–H groups in total. The van der Waals surface area contributed by atoms with Crippen LogP contribution in [0.15, 0.2) is 16.6 Å². The molecule has 0 atom stereocenters. The van der Waals surface area contributed by atoms with E-state index in [-0.39, 0.29) is 5.82 Å². The summed E-state index contributed by atoms with van der Waals surface area (Å²) in [6, 6.07) is 2.91. The molecule has 68 valence electrons. The van der Waals surface area contributed by atoms with Crippen molar-refractivity contribution in [1.29, 1.82) is 0 Å². The second kappa shape index (κ2) is 2.80. The predicted octanol–water partition coefficient (Wildman–Crippen LogP) is 2.78. The number of halogens is 2. The van der Waals surface area contributed by atoms with E-state index in [4.69, 9.17) is 0 Å². The van der Waals surface area contributed by atoms with Crippen LogP contribution >= 0.6 is 15.9 Å². The molecule has 2 rings (SSSR count). The zero-order valence-corrected chi connectivity index (χ0v) is 8.89. The average molecular weight is 243 g/mol. The number of hydrogen-bond acceptors (Lipinski definition) is 1. The van der Waals surface area contributed by atoms with Crippen molar-refractivity contribution >= 4 is 27.0 Å². The van der Waals surface area contributed by atoms with Crippen LogP contribution in [0.1, 0.15) is 5.82 Å². The highest BCUT2D eigenvalue weighted by molar-refractivity contribution is 9.10. The third-order valence-electron chi connectivity index (χ3n) is 2.13. The molecule has 0 aliphatic carbocycles. The van der Waals surface area contributed by atoms with Gasteiger partial charge in [-0.1, -0.05) is 0 Å². The number of rotatable bonds is 0. The standard InChI is InChI=1S/C9H8BrFN2/c1-5-12-9-7(10)3-6(11)4-8(9)13(5)2/h3-4H,1-2H3. The van der Waals surface area contributed by atoms with Gasteiger partial charge in [-0.25, -0.2) is 9.37 Å². The molecule has 0 aliphatic heterocycles. The Morgan fingerprint density at radius 2 is 2.15 bits per heavy atom. The van der Waals surface area contributed by atoms with E-state index >= 15 is 0 Å². The number of aromatic nitrogens is 2. The van der Waals surface area contributed by atoms with Crippen LogP contribution in [0.25, 0.3) is 11.0 Å². The van der Waals surface area contributed by atoms with Crippen LogP contribution in [0, 0.1) is 12.7 Å². The fourth-order valence-corrected chi connectivity index (χ4v) is 1.84. The van der Waals surface area contributed by atoms with Crippen molar-refractivity contribution in [3.8, 4) is 0 Å². The summed E-state index contributed by atoms with van der Waals surface area (Å²) < 4.78 is 15.6. The minimum atomic E-state index is -0.248. The van der Waals surface area contributed by atoms with E-state index in [1.807, 2.05) is 18.5 Å². The van der Waals surface area contributed by atoms with Gasteiger partial charge in [0.1, 0.15) is 17.2 Å². The lowest BCUT2D eigenvalue weighted by molar-refractivity contribution is 0.628. The summed E-state index contributed by atoms with van der Waals surface area (Å²) >= 11 is 3.28. The van der Waals surface area contributed by atoms with Gasteiger partial charge in [0.15, 0.2) is 0 Å². The summed E-state index contributed by atoms with van der Waals surface area (Å²) in [5.74, 6) is 0.628. The van der Waals surface area contributed by atoms with Crippen LogP contribution in [0.4, 0.5) is 4.39 Å². The van der Waals surface area contributed by atoms with Crippen molar-refractivity contribution in [2.75, 3.05) is 0 Å². The third kappa shape index (κ3) is 1.25. The fourth-order valence-electron chi connectivity index (χ4n) is 1.33. The van der Waals surface area contributed by atoms with Crippen LogP contribution < -0.4 is 0 Å². The first-order chi connectivity index (χ1) is 6.09. The van der Waals surface area contributed by atoms with Crippen molar-refractivity contribution < 1.29 is 4.39 Å². The third-order valence-corrected chi connectivity index (χ3v) is 2.73. The maximum absolute atomic E-state index is 13.0. The molecule has 1 aromatic heterocycles. The molecule has 4 heteroatoms. The molecule has 0 bridgehead atoms. The normalized spacial score (nSPS) is 11.1. The summed E-state index contributed by atoms with van der Waals surface area (Å²) in [6.45, 7) is 1.89. The monoisotopic (exact) mass is 242 g/mol. The summed E-state index contributed by atoms with van der Waals surface area (Å²) in [5, 5.41) is 0. The van der Waals surface area contributed by atoms with E-state index in [0.717, 1.165) is 16.9 Å². The van der Waals surface area contributed by atoms with Crippen LogP contribution in [0.2, 0.25) is 0 Å².